The van der Waals surface area contributed by atoms with Crippen molar-refractivity contribution >= 4 is 11.8 Å². The molecule has 0 bridgehead atoms. The fraction of sp³-hybridized carbons (Fsp3) is 0.500. The van der Waals surface area contributed by atoms with Gasteiger partial charge in [-0.2, -0.15) is 0 Å². The topological polar surface area (TPSA) is 66.6 Å². The highest BCUT2D eigenvalue weighted by atomic mass is 19.1. The fourth-order valence-electron chi connectivity index (χ4n) is 2.46. The van der Waals surface area contributed by atoms with E-state index in [0.717, 1.165) is 12.1 Å². The van der Waals surface area contributed by atoms with E-state index in [1.54, 1.807) is 4.90 Å². The van der Waals surface area contributed by atoms with Gasteiger partial charge in [-0.15, -0.1) is 0 Å². The van der Waals surface area contributed by atoms with Gasteiger partial charge < -0.3 is 15.5 Å². The predicted octanol–water partition coefficient (Wildman–Crippen LogP) is 1.23. The summed E-state index contributed by atoms with van der Waals surface area (Å²) >= 11 is 0. The zero-order chi connectivity index (χ0) is 17.1. The second kappa shape index (κ2) is 7.04. The molecule has 1 aromatic rings. The SMILES string of the molecule is CC(C)[C@H](N)C(=O)N1CCN(C(=O)c2ccc(F)cc2F)CC1. The van der Waals surface area contributed by atoms with Crippen LogP contribution < -0.4 is 5.73 Å². The number of amides is 2. The maximum Gasteiger partial charge on any atom is 0.256 e. The van der Waals surface area contributed by atoms with Gasteiger partial charge >= 0.3 is 0 Å². The van der Waals surface area contributed by atoms with E-state index in [0.29, 0.717) is 32.2 Å². The van der Waals surface area contributed by atoms with Crippen molar-refractivity contribution in [3.05, 3.63) is 35.4 Å². The van der Waals surface area contributed by atoms with Crippen molar-refractivity contribution in [2.24, 2.45) is 11.7 Å². The highest BCUT2D eigenvalue weighted by Crippen LogP contribution is 2.15. The maximum atomic E-state index is 13.7. The Kier molecular flexibility index (Phi) is 5.30. The molecule has 1 aromatic carbocycles. The van der Waals surface area contributed by atoms with Gasteiger partial charge in [-0.25, -0.2) is 8.78 Å². The second-order valence-corrected chi connectivity index (χ2v) is 6.01. The Hall–Kier alpha value is -2.02. The minimum Gasteiger partial charge on any atom is -0.338 e. The van der Waals surface area contributed by atoms with Gasteiger partial charge in [0.15, 0.2) is 0 Å². The molecule has 0 spiro atoms. The summed E-state index contributed by atoms with van der Waals surface area (Å²) in [6.07, 6.45) is 0. The van der Waals surface area contributed by atoms with E-state index in [2.05, 4.69) is 0 Å². The average molecular weight is 325 g/mol. The van der Waals surface area contributed by atoms with Crippen LogP contribution in [-0.2, 0) is 4.79 Å². The zero-order valence-electron chi connectivity index (χ0n) is 13.3. The number of rotatable bonds is 3. The number of benzene rings is 1. The van der Waals surface area contributed by atoms with E-state index >= 15 is 0 Å². The molecule has 0 aromatic heterocycles. The van der Waals surface area contributed by atoms with Gasteiger partial charge in [0.25, 0.3) is 5.91 Å². The lowest BCUT2D eigenvalue weighted by molar-refractivity contribution is -0.135. The van der Waals surface area contributed by atoms with E-state index < -0.39 is 23.6 Å². The van der Waals surface area contributed by atoms with Crippen LogP contribution in [-0.4, -0.2) is 53.8 Å². The Morgan fingerprint density at radius 1 is 1.09 bits per heavy atom. The Morgan fingerprint density at radius 2 is 1.65 bits per heavy atom. The normalized spacial score (nSPS) is 16.6. The van der Waals surface area contributed by atoms with Crippen molar-refractivity contribution in [1.82, 2.24) is 9.80 Å². The third-order valence-corrected chi connectivity index (χ3v) is 4.04. The molecule has 1 saturated heterocycles. The molecule has 7 heteroatoms. The molecule has 0 saturated carbocycles. The second-order valence-electron chi connectivity index (χ2n) is 6.01. The Labute approximate surface area is 134 Å². The number of nitrogens with two attached hydrogens (primary N) is 1. The van der Waals surface area contributed by atoms with E-state index in [1.165, 1.54) is 4.90 Å². The lowest BCUT2D eigenvalue weighted by atomic mass is 10.0. The first-order valence-corrected chi connectivity index (χ1v) is 7.60. The Morgan fingerprint density at radius 3 is 2.17 bits per heavy atom. The third-order valence-electron chi connectivity index (χ3n) is 4.04. The summed E-state index contributed by atoms with van der Waals surface area (Å²) in [6.45, 7) is 5.05. The smallest absolute Gasteiger partial charge is 0.256 e. The van der Waals surface area contributed by atoms with Crippen LogP contribution in [0.3, 0.4) is 0 Å². The van der Waals surface area contributed by atoms with Crippen LogP contribution in [0.5, 0.6) is 0 Å². The number of piperazine rings is 1. The summed E-state index contributed by atoms with van der Waals surface area (Å²) in [5.74, 6) is -2.20. The molecule has 23 heavy (non-hydrogen) atoms. The van der Waals surface area contributed by atoms with Crippen molar-refractivity contribution in [2.45, 2.75) is 19.9 Å². The summed E-state index contributed by atoms with van der Waals surface area (Å²) in [5, 5.41) is 0. The van der Waals surface area contributed by atoms with Crippen LogP contribution in [0, 0.1) is 17.6 Å². The van der Waals surface area contributed by atoms with Gasteiger partial charge in [0.1, 0.15) is 11.6 Å². The molecule has 1 atom stereocenters. The number of carbonyl (C=O) groups excluding carboxylic acids is 2. The summed E-state index contributed by atoms with van der Waals surface area (Å²) in [6, 6.07) is 2.32. The molecule has 126 valence electrons. The van der Waals surface area contributed by atoms with Gasteiger partial charge in [-0.05, 0) is 18.1 Å². The van der Waals surface area contributed by atoms with Crippen LogP contribution in [0.2, 0.25) is 0 Å². The monoisotopic (exact) mass is 325 g/mol. The summed E-state index contributed by atoms with van der Waals surface area (Å²) < 4.78 is 26.6. The Balaban J connectivity index is 1.99. The van der Waals surface area contributed by atoms with Crippen molar-refractivity contribution < 1.29 is 18.4 Å². The quantitative estimate of drug-likeness (QED) is 0.909. The standard InChI is InChI=1S/C16H21F2N3O2/c1-10(2)14(19)16(23)21-7-5-20(6-8-21)15(22)12-4-3-11(17)9-13(12)18/h3-4,9-10,14H,5-8,19H2,1-2H3/t14-/m0/s1. The van der Waals surface area contributed by atoms with E-state index in [1.807, 2.05) is 13.8 Å². The van der Waals surface area contributed by atoms with Crippen LogP contribution in [0.15, 0.2) is 18.2 Å². The fourth-order valence-corrected chi connectivity index (χ4v) is 2.46. The van der Waals surface area contributed by atoms with Crippen LogP contribution in [0.25, 0.3) is 0 Å². The van der Waals surface area contributed by atoms with Gasteiger partial charge in [0.2, 0.25) is 5.91 Å². The highest BCUT2D eigenvalue weighted by Gasteiger charge is 2.29. The van der Waals surface area contributed by atoms with E-state index in [4.69, 9.17) is 5.73 Å². The molecule has 5 nitrogen and oxygen atoms in total. The van der Waals surface area contributed by atoms with Crippen molar-refractivity contribution in [3.8, 4) is 0 Å². The molecule has 1 aliphatic heterocycles. The molecule has 0 aliphatic carbocycles. The van der Waals surface area contributed by atoms with Crippen molar-refractivity contribution in [2.75, 3.05) is 26.2 Å². The highest BCUT2D eigenvalue weighted by molar-refractivity contribution is 5.94. The van der Waals surface area contributed by atoms with E-state index in [9.17, 15) is 18.4 Å². The molecule has 0 radical (unpaired) electrons. The molecule has 2 amide bonds. The first-order chi connectivity index (χ1) is 10.8. The molecule has 0 unspecified atom stereocenters. The van der Waals surface area contributed by atoms with Gasteiger partial charge in [0, 0.05) is 32.2 Å². The number of carbonyl (C=O) groups is 2. The van der Waals surface area contributed by atoms with Gasteiger partial charge in [-0.3, -0.25) is 9.59 Å². The Bertz CT molecular complexity index is 599. The van der Waals surface area contributed by atoms with Crippen LogP contribution in [0.4, 0.5) is 8.78 Å². The lowest BCUT2D eigenvalue weighted by Crippen LogP contribution is -2.55. The summed E-state index contributed by atoms with van der Waals surface area (Å²) in [7, 11) is 0. The number of halogens is 2. The minimum atomic E-state index is -0.879. The summed E-state index contributed by atoms with van der Waals surface area (Å²) in [4.78, 5) is 27.5. The van der Waals surface area contributed by atoms with Crippen molar-refractivity contribution in [3.63, 3.8) is 0 Å². The number of hydrogen-bond acceptors (Lipinski definition) is 3. The average Bonchev–Trinajstić information content (AvgIpc) is 2.53. The third kappa shape index (κ3) is 3.85. The van der Waals surface area contributed by atoms with E-state index in [-0.39, 0.29) is 17.4 Å². The molecular formula is C16H21F2N3O2. The molecule has 2 N–H and O–H groups in total. The van der Waals surface area contributed by atoms with Crippen LogP contribution in [0.1, 0.15) is 24.2 Å². The summed E-state index contributed by atoms with van der Waals surface area (Å²) in [5.41, 5.74) is 5.69. The first kappa shape index (κ1) is 17.3. The van der Waals surface area contributed by atoms with Crippen molar-refractivity contribution in [1.29, 1.82) is 0 Å². The molecule has 2 rings (SSSR count). The van der Waals surface area contributed by atoms with Crippen LogP contribution >= 0.6 is 0 Å². The molecule has 1 fully saturated rings. The number of nitrogens with zero attached hydrogens (tertiary/aromatic N) is 2. The zero-order valence-corrected chi connectivity index (χ0v) is 13.3. The minimum absolute atomic E-state index is 0.0375. The van der Waals surface area contributed by atoms with Gasteiger partial charge in [-0.1, -0.05) is 13.8 Å². The number of hydrogen-bond donors (Lipinski definition) is 1. The maximum absolute atomic E-state index is 13.7. The lowest BCUT2D eigenvalue weighted by Gasteiger charge is -2.36. The largest absolute Gasteiger partial charge is 0.338 e. The predicted molar refractivity (Wildman–Crippen MR) is 81.7 cm³/mol. The van der Waals surface area contributed by atoms with Gasteiger partial charge in [0.05, 0.1) is 11.6 Å². The first-order valence-electron chi connectivity index (χ1n) is 7.60. The molecule has 1 aliphatic rings. The molecule has 1 heterocycles. The molecular weight excluding hydrogens is 304 g/mol.